The molecule has 2 heterocycles. The molecule has 31 heavy (non-hydrogen) atoms. The van der Waals surface area contributed by atoms with Gasteiger partial charge in [0.05, 0.1) is 21.9 Å². The van der Waals surface area contributed by atoms with Gasteiger partial charge in [-0.25, -0.2) is 0 Å². The number of aromatic amines is 1. The molecule has 0 aliphatic heterocycles. The zero-order chi connectivity index (χ0) is 21.7. The van der Waals surface area contributed by atoms with Crippen molar-refractivity contribution >= 4 is 43.6 Å². The first-order valence-electron chi connectivity index (χ1n) is 10.9. The molecule has 0 aliphatic carbocycles. The van der Waals surface area contributed by atoms with Crippen LogP contribution in [-0.2, 0) is 6.42 Å². The number of aryl methyl sites for hydroxylation is 1. The molecular formula is C26H25N3O2. The number of fused-ring (bicyclic) bond motifs is 4. The van der Waals surface area contributed by atoms with E-state index >= 15 is 0 Å². The Kier molecular flexibility index (Phi) is 4.54. The third-order valence-corrected chi connectivity index (χ3v) is 6.25. The largest absolute Gasteiger partial charge is 0.354 e. The van der Waals surface area contributed by atoms with Crippen molar-refractivity contribution in [3.63, 3.8) is 0 Å². The lowest BCUT2D eigenvalue weighted by atomic mass is 10.0. The number of H-pyrrole nitrogens is 1. The molecule has 0 saturated heterocycles. The molecule has 5 heteroatoms. The molecule has 0 spiro atoms. The molecule has 0 aliphatic rings. The summed E-state index contributed by atoms with van der Waals surface area (Å²) < 4.78 is 2.12. The third kappa shape index (κ3) is 2.84. The van der Waals surface area contributed by atoms with E-state index in [-0.39, 0.29) is 10.9 Å². The van der Waals surface area contributed by atoms with Gasteiger partial charge in [-0.2, -0.15) is 0 Å². The van der Waals surface area contributed by atoms with Crippen LogP contribution in [0.25, 0.3) is 43.6 Å². The SMILES string of the molecule is CCc1ccc2c(=O)c3cc4[nH]c5ccccc5c(=O)c4cc3n(N(CC)CC)c2c1. The Morgan fingerprint density at radius 1 is 0.742 bits per heavy atom. The van der Waals surface area contributed by atoms with Crippen molar-refractivity contribution in [3.8, 4) is 0 Å². The molecule has 0 amide bonds. The van der Waals surface area contributed by atoms with E-state index in [0.717, 1.165) is 36.1 Å². The monoisotopic (exact) mass is 411 g/mol. The zero-order valence-corrected chi connectivity index (χ0v) is 18.0. The van der Waals surface area contributed by atoms with Crippen molar-refractivity contribution in [1.29, 1.82) is 0 Å². The Bertz CT molecular complexity index is 1590. The highest BCUT2D eigenvalue weighted by molar-refractivity contribution is 6.03. The van der Waals surface area contributed by atoms with Gasteiger partial charge in [-0.1, -0.05) is 25.1 Å². The summed E-state index contributed by atoms with van der Waals surface area (Å²) in [5.74, 6) is 0. The lowest BCUT2D eigenvalue weighted by Gasteiger charge is -2.28. The highest BCUT2D eigenvalue weighted by Gasteiger charge is 2.17. The van der Waals surface area contributed by atoms with Crippen LogP contribution in [0.5, 0.6) is 0 Å². The summed E-state index contributed by atoms with van der Waals surface area (Å²) in [5, 5.41) is 4.75. The van der Waals surface area contributed by atoms with Gasteiger partial charge in [-0.05, 0) is 62.2 Å². The Morgan fingerprint density at radius 3 is 2.19 bits per heavy atom. The Hall–Kier alpha value is -3.60. The lowest BCUT2D eigenvalue weighted by molar-refractivity contribution is 0.653. The van der Waals surface area contributed by atoms with E-state index in [1.54, 1.807) is 0 Å². The maximum atomic E-state index is 13.5. The smallest absolute Gasteiger partial charge is 0.197 e. The normalized spacial score (nSPS) is 11.7. The van der Waals surface area contributed by atoms with Gasteiger partial charge < -0.3 is 9.99 Å². The fourth-order valence-electron chi connectivity index (χ4n) is 4.57. The van der Waals surface area contributed by atoms with Crippen molar-refractivity contribution in [2.45, 2.75) is 27.2 Å². The Labute approximate surface area is 179 Å². The molecule has 0 atom stereocenters. The van der Waals surface area contributed by atoms with E-state index in [4.69, 9.17) is 0 Å². The molecule has 0 fully saturated rings. The van der Waals surface area contributed by atoms with E-state index < -0.39 is 0 Å². The third-order valence-electron chi connectivity index (χ3n) is 6.25. The number of nitrogens with one attached hydrogen (secondary N) is 1. The maximum absolute atomic E-state index is 13.5. The van der Waals surface area contributed by atoms with Gasteiger partial charge in [-0.15, -0.1) is 0 Å². The molecule has 156 valence electrons. The number of aromatic nitrogens is 2. The summed E-state index contributed by atoms with van der Waals surface area (Å²) >= 11 is 0. The van der Waals surface area contributed by atoms with E-state index in [2.05, 4.69) is 41.5 Å². The van der Waals surface area contributed by atoms with E-state index in [0.29, 0.717) is 27.1 Å². The number of pyridine rings is 2. The molecule has 3 aromatic carbocycles. The number of benzene rings is 3. The molecule has 0 radical (unpaired) electrons. The average molecular weight is 412 g/mol. The second-order valence-corrected chi connectivity index (χ2v) is 7.90. The first-order valence-corrected chi connectivity index (χ1v) is 10.9. The summed E-state index contributed by atoms with van der Waals surface area (Å²) in [6, 6.07) is 17.3. The predicted molar refractivity (Wildman–Crippen MR) is 130 cm³/mol. The molecule has 1 N–H and O–H groups in total. The van der Waals surface area contributed by atoms with Crippen LogP contribution >= 0.6 is 0 Å². The summed E-state index contributed by atoms with van der Waals surface area (Å²) in [4.78, 5) is 30.1. The first kappa shape index (κ1) is 19.4. The highest BCUT2D eigenvalue weighted by Crippen LogP contribution is 2.25. The Morgan fingerprint density at radius 2 is 1.45 bits per heavy atom. The topological polar surface area (TPSA) is 58.1 Å². The van der Waals surface area contributed by atoms with Crippen LogP contribution in [0.15, 0.2) is 64.2 Å². The van der Waals surface area contributed by atoms with Crippen molar-refractivity contribution in [3.05, 3.63) is 80.6 Å². The van der Waals surface area contributed by atoms with Crippen LogP contribution in [0.1, 0.15) is 26.3 Å². The number of nitrogens with zero attached hydrogens (tertiary/aromatic N) is 2. The Balaban J connectivity index is 2.04. The molecule has 0 saturated carbocycles. The number of rotatable bonds is 4. The quantitative estimate of drug-likeness (QED) is 0.437. The van der Waals surface area contributed by atoms with Gasteiger partial charge in [0.2, 0.25) is 0 Å². The summed E-state index contributed by atoms with van der Waals surface area (Å²) in [5.41, 5.74) is 4.26. The zero-order valence-electron chi connectivity index (χ0n) is 18.0. The standard InChI is InChI=1S/C26H25N3O2/c1-4-16-11-12-18-23(13-16)29(28(5-2)6-3)24-15-19-22(14-20(24)26(18)31)27-21-10-8-7-9-17(21)25(19)30/h7-15H,4-6H2,1-3H3,(H,27,30). The molecule has 2 aromatic heterocycles. The first-order chi connectivity index (χ1) is 15.1. The summed E-state index contributed by atoms with van der Waals surface area (Å²) in [6.45, 7) is 7.88. The number of para-hydroxylation sites is 1. The van der Waals surface area contributed by atoms with E-state index in [1.807, 2.05) is 48.5 Å². The van der Waals surface area contributed by atoms with Gasteiger partial charge >= 0.3 is 0 Å². The van der Waals surface area contributed by atoms with Crippen molar-refractivity contribution in [1.82, 2.24) is 9.66 Å². The van der Waals surface area contributed by atoms with Crippen LogP contribution in [0.3, 0.4) is 0 Å². The average Bonchev–Trinajstić information content (AvgIpc) is 2.81. The second kappa shape index (κ2) is 7.27. The van der Waals surface area contributed by atoms with Crippen molar-refractivity contribution in [2.75, 3.05) is 18.1 Å². The van der Waals surface area contributed by atoms with E-state index in [9.17, 15) is 9.59 Å². The highest BCUT2D eigenvalue weighted by atomic mass is 16.1. The molecule has 0 bridgehead atoms. The molecular weight excluding hydrogens is 386 g/mol. The van der Waals surface area contributed by atoms with Gasteiger partial charge in [0, 0.05) is 34.8 Å². The molecule has 5 nitrogen and oxygen atoms in total. The van der Waals surface area contributed by atoms with Gasteiger partial charge in [0.15, 0.2) is 10.9 Å². The van der Waals surface area contributed by atoms with Crippen molar-refractivity contribution in [2.24, 2.45) is 0 Å². The minimum atomic E-state index is -0.0211. The molecule has 5 aromatic rings. The second-order valence-electron chi connectivity index (χ2n) is 7.90. The summed E-state index contributed by atoms with van der Waals surface area (Å²) in [7, 11) is 0. The summed E-state index contributed by atoms with van der Waals surface area (Å²) in [6.07, 6.45) is 0.893. The fourth-order valence-corrected chi connectivity index (χ4v) is 4.57. The van der Waals surface area contributed by atoms with Gasteiger partial charge in [0.25, 0.3) is 0 Å². The van der Waals surface area contributed by atoms with Crippen LogP contribution in [0.2, 0.25) is 0 Å². The fraction of sp³-hybridized carbons (Fsp3) is 0.231. The molecule has 5 rings (SSSR count). The van der Waals surface area contributed by atoms with Crippen LogP contribution in [0, 0.1) is 0 Å². The van der Waals surface area contributed by atoms with Crippen molar-refractivity contribution < 1.29 is 0 Å². The minimum absolute atomic E-state index is 0.00744. The van der Waals surface area contributed by atoms with E-state index in [1.165, 1.54) is 5.56 Å². The van der Waals surface area contributed by atoms with Crippen LogP contribution in [0.4, 0.5) is 0 Å². The molecule has 0 unspecified atom stereocenters. The number of hydrogen-bond acceptors (Lipinski definition) is 3. The lowest BCUT2D eigenvalue weighted by Crippen LogP contribution is -2.36. The maximum Gasteiger partial charge on any atom is 0.197 e. The van der Waals surface area contributed by atoms with Crippen LogP contribution in [-0.4, -0.2) is 22.7 Å². The minimum Gasteiger partial charge on any atom is -0.354 e. The number of hydrogen-bond donors (Lipinski definition) is 1. The predicted octanol–water partition coefficient (Wildman–Crippen LogP) is 4.69. The van der Waals surface area contributed by atoms with Gasteiger partial charge in [0.1, 0.15) is 0 Å². The van der Waals surface area contributed by atoms with Crippen LogP contribution < -0.4 is 15.9 Å². The van der Waals surface area contributed by atoms with Gasteiger partial charge in [-0.3, -0.25) is 14.3 Å².